The zero-order valence-electron chi connectivity index (χ0n) is 20.6. The molecule has 0 fully saturated rings. The van der Waals surface area contributed by atoms with Gasteiger partial charge >= 0.3 is 6.18 Å². The Hall–Kier alpha value is -4.30. The summed E-state index contributed by atoms with van der Waals surface area (Å²) in [5, 5.41) is 6.78. The van der Waals surface area contributed by atoms with Crippen molar-refractivity contribution in [2.45, 2.75) is 17.6 Å². The summed E-state index contributed by atoms with van der Waals surface area (Å²) < 4.78 is 70.4. The summed E-state index contributed by atoms with van der Waals surface area (Å²) in [7, 11) is -2.01. The summed E-state index contributed by atoms with van der Waals surface area (Å²) in [6, 6.07) is 18.1. The van der Waals surface area contributed by atoms with Gasteiger partial charge in [0.05, 0.1) is 46.8 Å². The zero-order chi connectivity index (χ0) is 27.5. The molecule has 11 heteroatoms. The first-order valence-corrected chi connectivity index (χ1v) is 13.3. The maximum absolute atomic E-state index is 13.5. The molecule has 1 heterocycles. The molecule has 4 N–H and O–H groups in total. The van der Waals surface area contributed by atoms with Crippen LogP contribution >= 0.6 is 0 Å². The van der Waals surface area contributed by atoms with Crippen molar-refractivity contribution in [3.05, 3.63) is 72.4 Å². The molecule has 3 aromatic carbocycles. The van der Waals surface area contributed by atoms with E-state index in [0.717, 1.165) is 10.8 Å². The number of ether oxygens (including phenoxy) is 1. The first-order valence-electron chi connectivity index (χ1n) is 11.4. The van der Waals surface area contributed by atoms with E-state index >= 15 is 0 Å². The molecular weight excluding hydrogens is 517 g/mol. The Morgan fingerprint density at radius 1 is 1.00 bits per heavy atom. The van der Waals surface area contributed by atoms with Crippen LogP contribution in [-0.4, -0.2) is 39.1 Å². The molecule has 0 aliphatic heterocycles. The molecule has 0 saturated carbocycles. The fraction of sp³-hybridized carbons (Fsp3) is 0.185. The Kier molecular flexibility index (Phi) is 7.46. The topological polar surface area (TPSA) is 98.4 Å². The lowest BCUT2D eigenvalue weighted by molar-refractivity contribution is -0.140. The SMILES string of the molecule is COc1cc(S(C)(=O)=O)ccc1NCC#Cc1cc2c(Nc3ccccc3N)cccc2n1CC(F)(F)F. The van der Waals surface area contributed by atoms with Gasteiger partial charge in [0, 0.05) is 23.4 Å². The van der Waals surface area contributed by atoms with Crippen LogP contribution in [0.5, 0.6) is 5.75 Å². The molecule has 4 rings (SSSR count). The minimum Gasteiger partial charge on any atom is -0.495 e. The zero-order valence-corrected chi connectivity index (χ0v) is 21.4. The van der Waals surface area contributed by atoms with Gasteiger partial charge in [-0.15, -0.1) is 0 Å². The molecule has 0 atom stereocenters. The van der Waals surface area contributed by atoms with E-state index in [1.54, 1.807) is 54.6 Å². The normalized spacial score (nSPS) is 11.6. The maximum Gasteiger partial charge on any atom is 0.406 e. The molecular formula is C27H25F3N4O3S. The largest absolute Gasteiger partial charge is 0.495 e. The molecule has 0 radical (unpaired) electrons. The summed E-state index contributed by atoms with van der Waals surface area (Å²) in [5.41, 5.74) is 8.82. The number of nitrogen functional groups attached to an aromatic ring is 1. The van der Waals surface area contributed by atoms with Crippen LogP contribution in [0.3, 0.4) is 0 Å². The second kappa shape index (κ2) is 10.6. The molecule has 198 valence electrons. The number of nitrogens with two attached hydrogens (primary N) is 1. The standard InChI is InChI=1S/C27H25F3N4O3S/c1-37-26-16-19(38(2,35)36)12-13-24(26)32-14-6-7-18-15-20-22(33-23-9-4-3-8-21(23)31)10-5-11-25(20)34(18)17-27(28,29)30/h3-5,8-13,15-16,32-33H,14,17,31H2,1-2H3. The van der Waals surface area contributed by atoms with Gasteiger partial charge in [-0.3, -0.25) is 0 Å². The lowest BCUT2D eigenvalue weighted by Crippen LogP contribution is -2.18. The van der Waals surface area contributed by atoms with E-state index in [9.17, 15) is 21.6 Å². The number of nitrogens with zero attached hydrogens (tertiary/aromatic N) is 1. The number of alkyl halides is 3. The first-order chi connectivity index (χ1) is 18.0. The summed E-state index contributed by atoms with van der Waals surface area (Å²) in [4.78, 5) is 0.101. The van der Waals surface area contributed by atoms with E-state index in [0.29, 0.717) is 39.4 Å². The first kappa shape index (κ1) is 26.8. The van der Waals surface area contributed by atoms with Crippen molar-refractivity contribution in [3.63, 3.8) is 0 Å². The van der Waals surface area contributed by atoms with Crippen molar-refractivity contribution in [1.82, 2.24) is 4.57 Å². The Balaban J connectivity index is 1.65. The van der Waals surface area contributed by atoms with Crippen LogP contribution in [0.2, 0.25) is 0 Å². The van der Waals surface area contributed by atoms with E-state index in [4.69, 9.17) is 10.5 Å². The molecule has 7 nitrogen and oxygen atoms in total. The van der Waals surface area contributed by atoms with Gasteiger partial charge < -0.3 is 25.7 Å². The van der Waals surface area contributed by atoms with E-state index in [-0.39, 0.29) is 17.1 Å². The van der Waals surface area contributed by atoms with Gasteiger partial charge in [0.2, 0.25) is 0 Å². The number of aromatic nitrogens is 1. The number of halogens is 3. The molecule has 0 saturated heterocycles. The lowest BCUT2D eigenvalue weighted by Gasteiger charge is -2.13. The van der Waals surface area contributed by atoms with Gasteiger partial charge in [-0.2, -0.15) is 13.2 Å². The molecule has 0 unspecified atom stereocenters. The molecule has 0 spiro atoms. The van der Waals surface area contributed by atoms with Gasteiger partial charge in [0.25, 0.3) is 0 Å². The second-order valence-electron chi connectivity index (χ2n) is 8.47. The van der Waals surface area contributed by atoms with Crippen molar-refractivity contribution in [1.29, 1.82) is 0 Å². The molecule has 4 aromatic rings. The number of hydrogen-bond acceptors (Lipinski definition) is 6. The Morgan fingerprint density at radius 3 is 2.42 bits per heavy atom. The highest BCUT2D eigenvalue weighted by Crippen LogP contribution is 2.33. The summed E-state index contributed by atoms with van der Waals surface area (Å²) >= 11 is 0. The fourth-order valence-corrected chi connectivity index (χ4v) is 4.56. The van der Waals surface area contributed by atoms with Crippen molar-refractivity contribution in [2.24, 2.45) is 0 Å². The van der Waals surface area contributed by atoms with Crippen molar-refractivity contribution in [2.75, 3.05) is 36.3 Å². The quantitative estimate of drug-likeness (QED) is 0.214. The van der Waals surface area contributed by atoms with Crippen molar-refractivity contribution >= 4 is 43.5 Å². The predicted molar refractivity (Wildman–Crippen MR) is 144 cm³/mol. The minimum absolute atomic E-state index is 0.0772. The van der Waals surface area contributed by atoms with Crippen LogP contribution in [0.1, 0.15) is 5.69 Å². The number of rotatable bonds is 7. The van der Waals surface area contributed by atoms with Crippen LogP contribution in [0.15, 0.2) is 71.6 Å². The molecule has 38 heavy (non-hydrogen) atoms. The minimum atomic E-state index is -4.46. The number of para-hydroxylation sites is 2. The number of benzene rings is 3. The third-order valence-corrected chi connectivity index (χ3v) is 6.81. The van der Waals surface area contributed by atoms with Crippen molar-refractivity contribution < 1.29 is 26.3 Å². The summed E-state index contributed by atoms with van der Waals surface area (Å²) in [6.45, 7) is -1.13. The number of methoxy groups -OCH3 is 1. The number of anilines is 4. The van der Waals surface area contributed by atoms with Crippen LogP contribution in [-0.2, 0) is 16.4 Å². The maximum atomic E-state index is 13.5. The van der Waals surface area contributed by atoms with Crippen LogP contribution in [0, 0.1) is 11.8 Å². The number of fused-ring (bicyclic) bond motifs is 1. The van der Waals surface area contributed by atoms with Crippen LogP contribution in [0.25, 0.3) is 10.9 Å². The Labute approximate surface area is 218 Å². The number of nitrogens with one attached hydrogen (secondary N) is 2. The molecule has 0 aliphatic rings. The highest BCUT2D eigenvalue weighted by atomic mass is 32.2. The highest BCUT2D eigenvalue weighted by molar-refractivity contribution is 7.90. The Morgan fingerprint density at radius 2 is 1.74 bits per heavy atom. The third kappa shape index (κ3) is 6.15. The van der Waals surface area contributed by atoms with Crippen LogP contribution in [0.4, 0.5) is 35.9 Å². The van der Waals surface area contributed by atoms with Crippen molar-refractivity contribution in [3.8, 4) is 17.6 Å². The van der Waals surface area contributed by atoms with Gasteiger partial charge in [-0.1, -0.05) is 24.1 Å². The van der Waals surface area contributed by atoms with Gasteiger partial charge in [0.15, 0.2) is 9.84 Å². The average Bonchev–Trinajstić information content (AvgIpc) is 3.19. The van der Waals surface area contributed by atoms with Gasteiger partial charge in [0.1, 0.15) is 12.3 Å². The van der Waals surface area contributed by atoms with E-state index < -0.39 is 22.6 Å². The molecule has 0 amide bonds. The predicted octanol–water partition coefficient (Wildman–Crippen LogP) is 5.41. The second-order valence-corrected chi connectivity index (χ2v) is 10.5. The monoisotopic (exact) mass is 542 g/mol. The lowest BCUT2D eigenvalue weighted by atomic mass is 10.2. The smallest absolute Gasteiger partial charge is 0.406 e. The number of hydrogen-bond donors (Lipinski definition) is 3. The number of sulfone groups is 1. The Bertz CT molecular complexity index is 1650. The van der Waals surface area contributed by atoms with Gasteiger partial charge in [-0.05, 0) is 48.4 Å². The summed E-state index contributed by atoms with van der Waals surface area (Å²) in [5.74, 6) is 5.98. The van der Waals surface area contributed by atoms with E-state index in [1.807, 2.05) is 0 Å². The molecule has 1 aromatic heterocycles. The highest BCUT2D eigenvalue weighted by Gasteiger charge is 2.30. The average molecular weight is 543 g/mol. The van der Waals surface area contributed by atoms with E-state index in [1.165, 1.54) is 19.2 Å². The third-order valence-electron chi connectivity index (χ3n) is 5.70. The van der Waals surface area contributed by atoms with E-state index in [2.05, 4.69) is 22.5 Å². The molecule has 0 bridgehead atoms. The summed E-state index contributed by atoms with van der Waals surface area (Å²) in [6.07, 6.45) is -3.36. The fourth-order valence-electron chi connectivity index (χ4n) is 3.93. The van der Waals surface area contributed by atoms with Gasteiger partial charge in [-0.25, -0.2) is 8.42 Å². The van der Waals surface area contributed by atoms with Crippen LogP contribution < -0.4 is 21.1 Å². The molecule has 0 aliphatic carbocycles.